The number of aromatic nitrogens is 3. The number of fused-ring (bicyclic) bond motifs is 1. The van der Waals surface area contributed by atoms with Crippen LogP contribution in [0.2, 0.25) is 5.02 Å². The minimum atomic E-state index is -0.537. The zero-order chi connectivity index (χ0) is 32.8. The summed E-state index contributed by atoms with van der Waals surface area (Å²) in [5.41, 5.74) is 2.99. The molecule has 1 saturated heterocycles. The summed E-state index contributed by atoms with van der Waals surface area (Å²) in [5, 5.41) is 17.2. The number of aliphatic hydroxyl groups excluding tert-OH is 1. The monoisotopic (exact) mass is 681 g/mol. The summed E-state index contributed by atoms with van der Waals surface area (Å²) in [4.78, 5) is 23.5. The van der Waals surface area contributed by atoms with E-state index in [1.807, 2.05) is 34.9 Å². The Balaban J connectivity index is 1.20. The molecule has 13 heteroatoms. The maximum atomic E-state index is 12.2. The lowest BCUT2D eigenvalue weighted by atomic mass is 10.1. The first kappa shape index (κ1) is 33.4. The summed E-state index contributed by atoms with van der Waals surface area (Å²) in [7, 11) is 0.272. The quantitative estimate of drug-likeness (QED) is 0.111. The fourth-order valence-electron chi connectivity index (χ4n) is 5.45. The predicted octanol–water partition coefficient (Wildman–Crippen LogP) is 5.52. The van der Waals surface area contributed by atoms with Crippen LogP contribution in [-0.4, -0.2) is 93.8 Å². The molecule has 3 heterocycles. The van der Waals surface area contributed by atoms with E-state index in [1.54, 1.807) is 18.2 Å². The number of nitrogens with zero attached hydrogens (tertiary/aromatic N) is 4. The molecule has 1 aliphatic carbocycles. The summed E-state index contributed by atoms with van der Waals surface area (Å²) < 4.78 is 20.3. The Morgan fingerprint density at radius 3 is 2.57 bits per heavy atom. The number of nitrogens with one attached hydrogen (secondary N) is 2. The van der Waals surface area contributed by atoms with Gasteiger partial charge in [0, 0.05) is 18.7 Å². The summed E-state index contributed by atoms with van der Waals surface area (Å²) >= 11 is 6.50. The Kier molecular flexibility index (Phi) is 11.0. The highest BCUT2D eigenvalue weighted by atomic mass is 35.5. The third kappa shape index (κ3) is 9.08. The molecule has 2 aromatic carbocycles. The average molecular weight is 682 g/mol. The third-order valence-electron chi connectivity index (χ3n) is 8.09. The van der Waals surface area contributed by atoms with E-state index in [-0.39, 0.29) is 29.6 Å². The van der Waals surface area contributed by atoms with Gasteiger partial charge < -0.3 is 39.4 Å². The lowest BCUT2D eigenvalue weighted by Crippen LogP contribution is -2.33. The molecule has 2 aliphatic rings. The molecule has 4 aromatic rings. The van der Waals surface area contributed by atoms with Crippen LogP contribution in [0, 0.1) is 0 Å². The summed E-state index contributed by atoms with van der Waals surface area (Å²) in [5.74, 6) is 2.50. The molecule has 3 N–H and O–H groups in total. The average Bonchev–Trinajstić information content (AvgIpc) is 3.56. The second-order valence-electron chi connectivity index (χ2n) is 12.2. The number of carbonyl (C=O) groups is 1. The zero-order valence-electron chi connectivity index (χ0n) is 26.8. The molecule has 2 fully saturated rings. The normalized spacial score (nSPS) is 15.7. The van der Waals surface area contributed by atoms with Crippen LogP contribution in [0.15, 0.2) is 54.9 Å². The highest BCUT2D eigenvalue weighted by Gasteiger charge is 2.24. The highest BCUT2D eigenvalue weighted by molar-refractivity contribution is 7.95. The number of rotatable bonds is 15. The third-order valence-corrected chi connectivity index (χ3v) is 9.38. The molecular weight excluding hydrogens is 640 g/mol. The van der Waals surface area contributed by atoms with Crippen LogP contribution < -0.4 is 20.1 Å². The number of hydrogen-bond donors (Lipinski definition) is 3. The first-order valence-electron chi connectivity index (χ1n) is 16.0. The van der Waals surface area contributed by atoms with Crippen LogP contribution in [0.5, 0.6) is 17.4 Å². The molecule has 1 saturated carbocycles. The topological polar surface area (TPSA) is 123 Å². The van der Waals surface area contributed by atoms with Crippen molar-refractivity contribution in [3.63, 3.8) is 0 Å². The smallest absolute Gasteiger partial charge is 0.319 e. The van der Waals surface area contributed by atoms with Crippen molar-refractivity contribution < 1.29 is 24.1 Å². The number of hydrogen-bond acceptors (Lipinski definition) is 8. The number of aliphatic hydroxyl groups is 1. The van der Waals surface area contributed by atoms with Crippen molar-refractivity contribution >= 4 is 45.2 Å². The molecule has 11 nitrogen and oxygen atoms in total. The van der Waals surface area contributed by atoms with Gasteiger partial charge in [-0.1, -0.05) is 11.6 Å². The van der Waals surface area contributed by atoms with Gasteiger partial charge in [-0.05, 0) is 97.7 Å². The first-order chi connectivity index (χ1) is 22.8. The Hall–Kier alpha value is -3.55. The predicted molar refractivity (Wildman–Crippen MR) is 187 cm³/mol. The van der Waals surface area contributed by atoms with Gasteiger partial charge in [0.15, 0.2) is 0 Å². The van der Waals surface area contributed by atoms with Crippen molar-refractivity contribution in [2.45, 2.75) is 44.6 Å². The number of halogens is 1. The Morgan fingerprint density at radius 2 is 1.85 bits per heavy atom. The molecule has 250 valence electrons. The molecule has 47 heavy (non-hydrogen) atoms. The van der Waals surface area contributed by atoms with E-state index in [1.165, 1.54) is 19.2 Å². The number of amides is 2. The number of benzene rings is 2. The van der Waals surface area contributed by atoms with Gasteiger partial charge in [0.05, 0.1) is 40.9 Å². The molecule has 1 aliphatic heterocycles. The lowest BCUT2D eigenvalue weighted by molar-refractivity contribution is 0.0758. The van der Waals surface area contributed by atoms with Gasteiger partial charge in [-0.2, -0.15) is 0 Å². The highest BCUT2D eigenvalue weighted by Crippen LogP contribution is 2.36. The van der Waals surface area contributed by atoms with Gasteiger partial charge in [0.1, 0.15) is 48.7 Å². The van der Waals surface area contributed by atoms with E-state index < -0.39 is 6.10 Å². The number of ether oxygens (including phenoxy) is 3. The molecule has 1 atom stereocenters. The van der Waals surface area contributed by atoms with Crippen molar-refractivity contribution in [3.05, 3.63) is 59.9 Å². The fourth-order valence-corrected chi connectivity index (χ4v) is 6.12. The number of β-amino-alcohol motifs (C(OH)–C–C–N with tert-alkyl or cyclic N) is 1. The van der Waals surface area contributed by atoms with Gasteiger partial charge in [-0.3, -0.25) is 0 Å². The van der Waals surface area contributed by atoms with E-state index in [4.69, 9.17) is 25.8 Å². The molecule has 0 unspecified atom stereocenters. The Morgan fingerprint density at radius 1 is 1.09 bits per heavy atom. The van der Waals surface area contributed by atoms with Crippen molar-refractivity contribution in [2.75, 3.05) is 56.4 Å². The van der Waals surface area contributed by atoms with Crippen LogP contribution in [0.25, 0.3) is 22.3 Å². The fraction of sp³-hybridized carbons (Fsp3) is 0.441. The van der Waals surface area contributed by atoms with E-state index in [2.05, 4.69) is 38.0 Å². The number of anilines is 1. The Labute approximate surface area is 282 Å². The van der Waals surface area contributed by atoms with Crippen molar-refractivity contribution in [1.29, 1.82) is 0 Å². The summed E-state index contributed by atoms with van der Waals surface area (Å²) in [6.45, 7) is 3.89. The molecule has 0 radical (unpaired) electrons. The Bertz CT molecular complexity index is 1660. The van der Waals surface area contributed by atoms with Gasteiger partial charge in [-0.15, -0.1) is 0 Å². The van der Waals surface area contributed by atoms with Crippen molar-refractivity contribution in [3.8, 4) is 28.6 Å². The molecule has 2 amide bonds. The summed E-state index contributed by atoms with van der Waals surface area (Å²) in [6.07, 6.45) is 9.71. The molecular formula is C34H42ClN6O5S+. The maximum absolute atomic E-state index is 12.2. The zero-order valence-corrected chi connectivity index (χ0v) is 28.4. The number of likely N-dealkylation sites (tertiary alicyclic amines) is 1. The van der Waals surface area contributed by atoms with Gasteiger partial charge in [0.25, 0.3) is 0 Å². The van der Waals surface area contributed by atoms with Crippen molar-refractivity contribution in [1.82, 2.24) is 24.8 Å². The van der Waals surface area contributed by atoms with Crippen LogP contribution in [0.1, 0.15) is 25.7 Å². The maximum Gasteiger partial charge on any atom is 0.319 e. The summed E-state index contributed by atoms with van der Waals surface area (Å²) in [6, 6.07) is 14.8. The second-order valence-corrected chi connectivity index (χ2v) is 15.0. The molecule has 6 rings (SSSR count). The van der Waals surface area contributed by atoms with Crippen LogP contribution >= 0.6 is 11.6 Å². The SMILES string of the molecule is C[S+](C)CCOCn1c(-c2ccc(OC[C@@H](O)CN3CCCC3)cc2)cc2c(Oc3ccc(NC(=O)NC4CC4)c(Cl)c3)ncnc21. The van der Waals surface area contributed by atoms with Crippen LogP contribution in [-0.2, 0) is 22.4 Å². The van der Waals surface area contributed by atoms with Crippen LogP contribution in [0.3, 0.4) is 0 Å². The minimum absolute atomic E-state index is 0.240. The standard InChI is InChI=1S/C34H41ClN6O5S/c1-47(2)16-15-44-22-41-31(23-5-9-26(10-6-23)45-20-25(42)19-40-13-3-4-14-40)18-28-32(41)36-21-37-33(28)46-27-11-12-30(29(35)17-27)39-34(43)38-24-7-8-24/h5-6,9-12,17-18,21,24-25,42H,3-4,7-8,13-16,19-20,22H2,1-2H3,(H-,38,39,43)/p+1/t25-/m0/s1. The molecule has 0 bridgehead atoms. The molecule has 2 aromatic heterocycles. The van der Waals surface area contributed by atoms with Gasteiger partial charge >= 0.3 is 6.03 Å². The lowest BCUT2D eigenvalue weighted by Gasteiger charge is -2.19. The number of urea groups is 1. The molecule has 0 spiro atoms. The van der Waals surface area contributed by atoms with E-state index in [9.17, 15) is 9.90 Å². The number of carbonyl (C=O) groups excluding carboxylic acids is 1. The van der Waals surface area contributed by atoms with Gasteiger partial charge in [0.2, 0.25) is 5.88 Å². The van der Waals surface area contributed by atoms with Crippen LogP contribution in [0.4, 0.5) is 10.5 Å². The van der Waals surface area contributed by atoms with E-state index in [0.717, 1.165) is 42.9 Å². The first-order valence-corrected chi connectivity index (χ1v) is 18.6. The largest absolute Gasteiger partial charge is 0.491 e. The second kappa shape index (κ2) is 15.6. The van der Waals surface area contributed by atoms with Gasteiger partial charge in [-0.25, -0.2) is 14.8 Å². The minimum Gasteiger partial charge on any atom is -0.491 e. The van der Waals surface area contributed by atoms with Crippen molar-refractivity contribution in [2.24, 2.45) is 0 Å². The van der Waals surface area contributed by atoms with E-state index in [0.29, 0.717) is 59.0 Å². The van der Waals surface area contributed by atoms with E-state index >= 15 is 0 Å².